The Bertz CT molecular complexity index is 1060. The highest BCUT2D eigenvalue weighted by atomic mass is 16.7. The third kappa shape index (κ3) is 4.49. The molecule has 4 heteroatoms. The lowest BCUT2D eigenvalue weighted by atomic mass is 9.93. The molecule has 2 aliphatic rings. The van der Waals surface area contributed by atoms with E-state index in [-0.39, 0.29) is 0 Å². The van der Waals surface area contributed by atoms with E-state index in [2.05, 4.69) is 66.4 Å². The van der Waals surface area contributed by atoms with Gasteiger partial charge in [0.05, 0.1) is 12.1 Å². The topological polar surface area (TPSA) is 34.1 Å². The summed E-state index contributed by atoms with van der Waals surface area (Å²) in [5.41, 5.74) is 5.10. The molecule has 0 saturated carbocycles. The van der Waals surface area contributed by atoms with Crippen LogP contribution in [0, 0.1) is 6.92 Å². The summed E-state index contributed by atoms with van der Waals surface area (Å²) < 4.78 is 10.9. The van der Waals surface area contributed by atoms with Crippen LogP contribution >= 0.6 is 0 Å². The van der Waals surface area contributed by atoms with Crippen LogP contribution in [0.25, 0.3) is 0 Å². The number of rotatable bonds is 5. The van der Waals surface area contributed by atoms with Gasteiger partial charge < -0.3 is 9.47 Å². The van der Waals surface area contributed by atoms with Crippen LogP contribution in [0.1, 0.15) is 41.1 Å². The maximum absolute atomic E-state index is 5.47. The van der Waals surface area contributed by atoms with Crippen LogP contribution in [-0.4, -0.2) is 37.0 Å². The summed E-state index contributed by atoms with van der Waals surface area (Å²) in [5.74, 6) is 1.62. The summed E-state index contributed by atoms with van der Waals surface area (Å²) in [5, 5.41) is 0. The minimum absolute atomic E-state index is 0.292. The number of nitrogens with zero attached hydrogens (tertiary/aromatic N) is 2. The van der Waals surface area contributed by atoms with Crippen molar-refractivity contribution in [3.63, 3.8) is 0 Å². The van der Waals surface area contributed by atoms with Crippen molar-refractivity contribution in [2.75, 3.05) is 19.9 Å². The van der Waals surface area contributed by atoms with Crippen LogP contribution < -0.4 is 9.47 Å². The molecular formula is C27H28N2O2. The van der Waals surface area contributed by atoms with Gasteiger partial charge in [-0.3, -0.25) is 9.89 Å². The summed E-state index contributed by atoms with van der Waals surface area (Å²) in [4.78, 5) is 7.49. The van der Waals surface area contributed by atoms with E-state index < -0.39 is 0 Å². The van der Waals surface area contributed by atoms with Crippen LogP contribution in [0.3, 0.4) is 0 Å². The van der Waals surface area contributed by atoms with Crippen LogP contribution in [0.5, 0.6) is 11.5 Å². The van der Waals surface area contributed by atoms with E-state index in [0.29, 0.717) is 18.9 Å². The first kappa shape index (κ1) is 19.8. The lowest BCUT2D eigenvalue weighted by Crippen LogP contribution is -2.38. The zero-order valence-corrected chi connectivity index (χ0v) is 17.9. The van der Waals surface area contributed by atoms with E-state index >= 15 is 0 Å². The third-order valence-corrected chi connectivity index (χ3v) is 6.17. The van der Waals surface area contributed by atoms with E-state index in [0.717, 1.165) is 43.0 Å². The maximum Gasteiger partial charge on any atom is 0.231 e. The van der Waals surface area contributed by atoms with Gasteiger partial charge in [0, 0.05) is 19.3 Å². The Morgan fingerprint density at radius 3 is 2.45 bits per heavy atom. The van der Waals surface area contributed by atoms with Gasteiger partial charge in [-0.15, -0.1) is 0 Å². The number of ether oxygens (including phenoxy) is 2. The fourth-order valence-corrected chi connectivity index (χ4v) is 4.57. The quantitative estimate of drug-likeness (QED) is 0.527. The Hall–Kier alpha value is -3.11. The van der Waals surface area contributed by atoms with Crippen molar-refractivity contribution in [2.24, 2.45) is 4.99 Å². The molecule has 0 aliphatic carbocycles. The van der Waals surface area contributed by atoms with Gasteiger partial charge in [-0.25, -0.2) is 0 Å². The number of fused-ring (bicyclic) bond motifs is 1. The third-order valence-electron chi connectivity index (χ3n) is 6.17. The van der Waals surface area contributed by atoms with Gasteiger partial charge in [-0.05, 0) is 54.7 Å². The zero-order chi connectivity index (χ0) is 21.0. The number of aryl methyl sites for hydroxylation is 1. The summed E-state index contributed by atoms with van der Waals surface area (Å²) >= 11 is 0. The first-order valence-corrected chi connectivity index (χ1v) is 11.0. The van der Waals surface area contributed by atoms with E-state index in [1.807, 2.05) is 24.4 Å². The van der Waals surface area contributed by atoms with E-state index in [4.69, 9.17) is 14.5 Å². The summed E-state index contributed by atoms with van der Waals surface area (Å²) in [6.45, 7) is 4.55. The fourth-order valence-electron chi connectivity index (χ4n) is 4.57. The average molecular weight is 413 g/mol. The van der Waals surface area contributed by atoms with Gasteiger partial charge >= 0.3 is 0 Å². The van der Waals surface area contributed by atoms with Gasteiger partial charge in [0.25, 0.3) is 0 Å². The predicted octanol–water partition coefficient (Wildman–Crippen LogP) is 5.40. The molecule has 0 spiro atoms. The summed E-state index contributed by atoms with van der Waals surface area (Å²) in [6.07, 6.45) is 4.12. The van der Waals surface area contributed by atoms with Crippen LogP contribution in [0.2, 0.25) is 0 Å². The molecule has 5 rings (SSSR count). The molecule has 31 heavy (non-hydrogen) atoms. The predicted molar refractivity (Wildman–Crippen MR) is 124 cm³/mol. The van der Waals surface area contributed by atoms with E-state index in [1.165, 1.54) is 16.7 Å². The van der Waals surface area contributed by atoms with Crippen molar-refractivity contribution in [2.45, 2.75) is 31.8 Å². The molecule has 0 bridgehead atoms. The molecule has 0 amide bonds. The molecule has 0 N–H and O–H groups in total. The highest BCUT2D eigenvalue weighted by Gasteiger charge is 2.27. The van der Waals surface area contributed by atoms with Crippen molar-refractivity contribution in [1.82, 2.24) is 4.90 Å². The normalized spacial score (nSPS) is 17.8. The molecular weight excluding hydrogens is 384 g/mol. The standard InChI is InChI=1S/C27H28N2O2/c1-20-6-5-9-23(16-20)27(22-7-3-2-4-8-22)29-14-12-24(13-15-29)28-18-21-10-11-25-26(17-21)31-19-30-25/h2-11,16-18,24,27H,12-15,19H2,1H3. The monoisotopic (exact) mass is 412 g/mol. The van der Waals surface area contributed by atoms with Gasteiger partial charge in [0.1, 0.15) is 0 Å². The molecule has 2 aliphatic heterocycles. The Kier molecular flexibility index (Phi) is 5.72. The Labute approximate surface area is 184 Å². The number of hydrogen-bond acceptors (Lipinski definition) is 4. The molecule has 2 heterocycles. The number of likely N-dealkylation sites (tertiary alicyclic amines) is 1. The molecule has 158 valence electrons. The molecule has 1 unspecified atom stereocenters. The van der Waals surface area contributed by atoms with Gasteiger partial charge in [0.2, 0.25) is 6.79 Å². The SMILES string of the molecule is Cc1cccc(C(c2ccccc2)N2CCC(N=Cc3ccc4c(c3)OCO4)CC2)c1. The Morgan fingerprint density at radius 2 is 1.65 bits per heavy atom. The Morgan fingerprint density at radius 1 is 0.871 bits per heavy atom. The molecule has 0 radical (unpaired) electrons. The molecule has 3 aromatic carbocycles. The second kappa shape index (κ2) is 8.94. The molecule has 1 fully saturated rings. The van der Waals surface area contributed by atoms with Gasteiger partial charge in [-0.1, -0.05) is 60.2 Å². The summed E-state index contributed by atoms with van der Waals surface area (Å²) in [6, 6.07) is 26.4. The first-order valence-electron chi connectivity index (χ1n) is 11.0. The highest BCUT2D eigenvalue weighted by molar-refractivity contribution is 5.81. The number of benzene rings is 3. The second-order valence-corrected chi connectivity index (χ2v) is 8.39. The minimum atomic E-state index is 0.292. The van der Waals surface area contributed by atoms with Crippen molar-refractivity contribution in [1.29, 1.82) is 0 Å². The van der Waals surface area contributed by atoms with Gasteiger partial charge in [0.15, 0.2) is 11.5 Å². The van der Waals surface area contributed by atoms with Crippen molar-refractivity contribution >= 4 is 6.21 Å². The second-order valence-electron chi connectivity index (χ2n) is 8.39. The summed E-state index contributed by atoms with van der Waals surface area (Å²) in [7, 11) is 0. The highest BCUT2D eigenvalue weighted by Crippen LogP contribution is 2.33. The number of piperidine rings is 1. The lowest BCUT2D eigenvalue weighted by molar-refractivity contribution is 0.174. The smallest absolute Gasteiger partial charge is 0.231 e. The van der Waals surface area contributed by atoms with Crippen molar-refractivity contribution in [3.8, 4) is 11.5 Å². The molecule has 1 atom stereocenters. The van der Waals surface area contributed by atoms with Gasteiger partial charge in [-0.2, -0.15) is 0 Å². The maximum atomic E-state index is 5.47. The van der Waals surface area contributed by atoms with Crippen LogP contribution in [-0.2, 0) is 0 Å². The minimum Gasteiger partial charge on any atom is -0.454 e. The van der Waals surface area contributed by atoms with Crippen LogP contribution in [0.15, 0.2) is 77.8 Å². The van der Waals surface area contributed by atoms with Crippen molar-refractivity contribution in [3.05, 3.63) is 95.1 Å². The average Bonchev–Trinajstić information content (AvgIpc) is 3.28. The molecule has 4 nitrogen and oxygen atoms in total. The fraction of sp³-hybridized carbons (Fsp3) is 0.296. The first-order chi connectivity index (χ1) is 15.3. The van der Waals surface area contributed by atoms with Crippen molar-refractivity contribution < 1.29 is 9.47 Å². The number of hydrogen-bond donors (Lipinski definition) is 0. The molecule has 3 aromatic rings. The largest absolute Gasteiger partial charge is 0.454 e. The van der Waals surface area contributed by atoms with Crippen LogP contribution in [0.4, 0.5) is 0 Å². The molecule has 0 aromatic heterocycles. The number of aliphatic imine (C=N–C) groups is 1. The van der Waals surface area contributed by atoms with E-state index in [1.54, 1.807) is 0 Å². The zero-order valence-electron chi connectivity index (χ0n) is 17.9. The Balaban J connectivity index is 1.28. The molecule has 1 saturated heterocycles. The van der Waals surface area contributed by atoms with E-state index in [9.17, 15) is 0 Å². The lowest BCUT2D eigenvalue weighted by Gasteiger charge is -2.37.